The Balaban J connectivity index is 2.45. The van der Waals surface area contributed by atoms with Gasteiger partial charge in [-0.1, -0.05) is 18.2 Å². The minimum Gasteiger partial charge on any atom is -0.304 e. The SMILES string of the molecule is CCNC(c1ncc(C)cc1C)c1cnnn1C. The second-order valence-electron chi connectivity index (χ2n) is 4.49. The number of aryl methyl sites for hydroxylation is 3. The van der Waals surface area contributed by atoms with Gasteiger partial charge in [0, 0.05) is 13.2 Å². The lowest BCUT2D eigenvalue weighted by atomic mass is 10.0. The fourth-order valence-corrected chi connectivity index (χ4v) is 2.13. The van der Waals surface area contributed by atoms with E-state index in [-0.39, 0.29) is 6.04 Å². The van der Waals surface area contributed by atoms with Crippen molar-refractivity contribution in [1.29, 1.82) is 0 Å². The zero-order valence-electron chi connectivity index (χ0n) is 11.3. The monoisotopic (exact) mass is 245 g/mol. The maximum atomic E-state index is 4.56. The number of nitrogens with one attached hydrogen (secondary N) is 1. The third-order valence-electron chi connectivity index (χ3n) is 2.98. The van der Waals surface area contributed by atoms with Crippen LogP contribution in [0.4, 0.5) is 0 Å². The number of nitrogens with zero attached hydrogens (tertiary/aromatic N) is 4. The summed E-state index contributed by atoms with van der Waals surface area (Å²) in [5.74, 6) is 0. The highest BCUT2D eigenvalue weighted by molar-refractivity contribution is 5.30. The van der Waals surface area contributed by atoms with E-state index in [2.05, 4.69) is 47.5 Å². The van der Waals surface area contributed by atoms with Crippen LogP contribution in [0.5, 0.6) is 0 Å². The summed E-state index contributed by atoms with van der Waals surface area (Å²) in [6.45, 7) is 7.09. The molecule has 1 unspecified atom stereocenters. The summed E-state index contributed by atoms with van der Waals surface area (Å²) in [4.78, 5) is 4.56. The summed E-state index contributed by atoms with van der Waals surface area (Å²) in [5.41, 5.74) is 4.42. The van der Waals surface area contributed by atoms with Gasteiger partial charge in [-0.15, -0.1) is 5.10 Å². The molecule has 0 aromatic carbocycles. The Morgan fingerprint density at radius 3 is 2.67 bits per heavy atom. The summed E-state index contributed by atoms with van der Waals surface area (Å²) in [6.07, 6.45) is 3.69. The minimum absolute atomic E-state index is 0.0376. The summed E-state index contributed by atoms with van der Waals surface area (Å²) in [7, 11) is 1.90. The van der Waals surface area contributed by atoms with E-state index in [9.17, 15) is 0 Å². The molecular weight excluding hydrogens is 226 g/mol. The normalized spacial score (nSPS) is 12.7. The van der Waals surface area contributed by atoms with E-state index in [4.69, 9.17) is 0 Å². The first-order valence-corrected chi connectivity index (χ1v) is 6.14. The van der Waals surface area contributed by atoms with Crippen molar-refractivity contribution in [3.8, 4) is 0 Å². The molecule has 96 valence electrons. The van der Waals surface area contributed by atoms with E-state index in [1.807, 2.05) is 13.2 Å². The van der Waals surface area contributed by atoms with Gasteiger partial charge in [-0.05, 0) is 31.5 Å². The quantitative estimate of drug-likeness (QED) is 0.887. The molecule has 2 aromatic rings. The number of aromatic nitrogens is 4. The van der Waals surface area contributed by atoms with Crippen molar-refractivity contribution in [3.63, 3.8) is 0 Å². The summed E-state index contributed by atoms with van der Waals surface area (Å²) in [6, 6.07) is 2.19. The van der Waals surface area contributed by atoms with Gasteiger partial charge >= 0.3 is 0 Å². The third-order valence-corrected chi connectivity index (χ3v) is 2.98. The maximum absolute atomic E-state index is 4.56. The Morgan fingerprint density at radius 2 is 2.11 bits per heavy atom. The lowest BCUT2D eigenvalue weighted by Crippen LogP contribution is -2.26. The van der Waals surface area contributed by atoms with Crippen LogP contribution < -0.4 is 5.32 Å². The van der Waals surface area contributed by atoms with Crippen molar-refractivity contribution in [2.75, 3.05) is 6.54 Å². The van der Waals surface area contributed by atoms with Crippen LogP contribution in [-0.2, 0) is 7.05 Å². The van der Waals surface area contributed by atoms with Gasteiger partial charge in [0.2, 0.25) is 0 Å². The minimum atomic E-state index is 0.0376. The van der Waals surface area contributed by atoms with E-state index in [0.29, 0.717) is 0 Å². The molecule has 0 bridgehead atoms. The number of hydrogen-bond acceptors (Lipinski definition) is 4. The van der Waals surface area contributed by atoms with Crippen LogP contribution in [-0.4, -0.2) is 26.5 Å². The first-order chi connectivity index (χ1) is 8.63. The molecule has 0 spiro atoms. The standard InChI is InChI=1S/C13H19N5/c1-5-14-13(11-8-16-17-18(11)4)12-10(3)6-9(2)7-15-12/h6-8,13-14H,5H2,1-4H3. The molecule has 0 radical (unpaired) electrons. The number of rotatable bonds is 4. The van der Waals surface area contributed by atoms with E-state index >= 15 is 0 Å². The van der Waals surface area contributed by atoms with Crippen LogP contribution in [0.2, 0.25) is 0 Å². The molecule has 18 heavy (non-hydrogen) atoms. The lowest BCUT2D eigenvalue weighted by Gasteiger charge is -2.19. The second kappa shape index (κ2) is 5.27. The highest BCUT2D eigenvalue weighted by Crippen LogP contribution is 2.22. The van der Waals surface area contributed by atoms with Crippen molar-refractivity contribution in [1.82, 2.24) is 25.3 Å². The molecule has 5 nitrogen and oxygen atoms in total. The molecule has 0 aliphatic carbocycles. The Labute approximate surface area is 107 Å². The number of hydrogen-bond donors (Lipinski definition) is 1. The molecular formula is C13H19N5. The van der Waals surface area contributed by atoms with Crippen molar-refractivity contribution in [2.24, 2.45) is 7.05 Å². The van der Waals surface area contributed by atoms with Crippen LogP contribution in [0.25, 0.3) is 0 Å². The van der Waals surface area contributed by atoms with E-state index in [1.54, 1.807) is 10.9 Å². The molecule has 2 rings (SSSR count). The molecule has 0 aliphatic rings. The van der Waals surface area contributed by atoms with Crippen LogP contribution in [0.1, 0.15) is 35.5 Å². The summed E-state index contributed by atoms with van der Waals surface area (Å²) >= 11 is 0. The first kappa shape index (κ1) is 12.7. The highest BCUT2D eigenvalue weighted by Gasteiger charge is 2.20. The molecule has 1 N–H and O–H groups in total. The molecule has 0 saturated heterocycles. The third kappa shape index (κ3) is 2.41. The van der Waals surface area contributed by atoms with Gasteiger partial charge in [0.15, 0.2) is 0 Å². The average Bonchev–Trinajstić information content (AvgIpc) is 2.73. The second-order valence-corrected chi connectivity index (χ2v) is 4.49. The predicted octanol–water partition coefficient (Wildman–Crippen LogP) is 1.53. The fraction of sp³-hybridized carbons (Fsp3) is 0.462. The Bertz CT molecular complexity index is 532. The smallest absolute Gasteiger partial charge is 0.0940 e. The Morgan fingerprint density at radius 1 is 1.33 bits per heavy atom. The molecule has 1 atom stereocenters. The predicted molar refractivity (Wildman–Crippen MR) is 70.2 cm³/mol. The largest absolute Gasteiger partial charge is 0.304 e. The summed E-state index contributed by atoms with van der Waals surface area (Å²) < 4.78 is 1.79. The van der Waals surface area contributed by atoms with Crippen molar-refractivity contribution in [2.45, 2.75) is 26.8 Å². The van der Waals surface area contributed by atoms with Gasteiger partial charge in [-0.3, -0.25) is 9.67 Å². The van der Waals surface area contributed by atoms with Crippen molar-refractivity contribution >= 4 is 0 Å². The van der Waals surface area contributed by atoms with Crippen LogP contribution in [0.15, 0.2) is 18.5 Å². The van der Waals surface area contributed by atoms with Crippen LogP contribution in [0, 0.1) is 13.8 Å². The fourth-order valence-electron chi connectivity index (χ4n) is 2.13. The van der Waals surface area contributed by atoms with E-state index in [1.165, 1.54) is 11.1 Å². The van der Waals surface area contributed by atoms with Gasteiger partial charge in [0.05, 0.1) is 23.6 Å². The number of pyridine rings is 1. The van der Waals surface area contributed by atoms with Gasteiger partial charge in [0.25, 0.3) is 0 Å². The Kier molecular flexibility index (Phi) is 3.72. The molecule has 2 aromatic heterocycles. The van der Waals surface area contributed by atoms with E-state index in [0.717, 1.165) is 17.9 Å². The topological polar surface area (TPSA) is 55.6 Å². The molecule has 0 fully saturated rings. The molecule has 2 heterocycles. The van der Waals surface area contributed by atoms with Gasteiger partial charge in [-0.2, -0.15) is 0 Å². The van der Waals surface area contributed by atoms with Gasteiger partial charge in [-0.25, -0.2) is 0 Å². The first-order valence-electron chi connectivity index (χ1n) is 6.14. The van der Waals surface area contributed by atoms with Crippen LogP contribution >= 0.6 is 0 Å². The molecule has 0 aliphatic heterocycles. The molecule has 0 amide bonds. The van der Waals surface area contributed by atoms with Gasteiger partial charge < -0.3 is 5.32 Å². The lowest BCUT2D eigenvalue weighted by molar-refractivity contribution is 0.555. The maximum Gasteiger partial charge on any atom is 0.0940 e. The van der Waals surface area contributed by atoms with Crippen molar-refractivity contribution < 1.29 is 0 Å². The van der Waals surface area contributed by atoms with Crippen LogP contribution in [0.3, 0.4) is 0 Å². The Hall–Kier alpha value is -1.75. The zero-order valence-corrected chi connectivity index (χ0v) is 11.3. The molecule has 0 saturated carbocycles. The highest BCUT2D eigenvalue weighted by atomic mass is 15.4. The molecule has 5 heteroatoms. The average molecular weight is 245 g/mol. The van der Waals surface area contributed by atoms with E-state index < -0.39 is 0 Å². The van der Waals surface area contributed by atoms with Crippen molar-refractivity contribution in [3.05, 3.63) is 41.0 Å². The van der Waals surface area contributed by atoms with Gasteiger partial charge in [0.1, 0.15) is 0 Å². The summed E-state index contributed by atoms with van der Waals surface area (Å²) in [5, 5.41) is 11.4. The zero-order chi connectivity index (χ0) is 13.1.